The number of halogens is 1. The maximum absolute atomic E-state index is 11.7. The highest BCUT2D eigenvalue weighted by Gasteiger charge is 2.03. The van der Waals surface area contributed by atoms with Gasteiger partial charge in [0.05, 0.1) is 13.2 Å². The summed E-state index contributed by atoms with van der Waals surface area (Å²) in [5, 5.41) is 2.79. The summed E-state index contributed by atoms with van der Waals surface area (Å²) in [6.07, 6.45) is 0.980. The van der Waals surface area contributed by atoms with E-state index in [0.717, 1.165) is 6.42 Å². The van der Waals surface area contributed by atoms with E-state index in [1.54, 1.807) is 0 Å². The van der Waals surface area contributed by atoms with Crippen LogP contribution in [0.4, 0.5) is 0 Å². The minimum Gasteiger partial charge on any atom is -0.378 e. The van der Waals surface area contributed by atoms with E-state index in [1.165, 1.54) is 5.56 Å². The highest BCUT2D eigenvalue weighted by Crippen LogP contribution is 2.04. The second-order valence-electron chi connectivity index (χ2n) is 3.61. The van der Waals surface area contributed by atoms with E-state index in [1.807, 2.05) is 24.3 Å². The number of carbonyl (C=O) groups is 1. The smallest absolute Gasteiger partial charge is 0.251 e. The van der Waals surface area contributed by atoms with Crippen molar-refractivity contribution in [3.8, 4) is 0 Å². The van der Waals surface area contributed by atoms with Gasteiger partial charge in [-0.05, 0) is 24.1 Å². The van der Waals surface area contributed by atoms with Gasteiger partial charge in [0, 0.05) is 18.0 Å². The van der Waals surface area contributed by atoms with E-state index < -0.39 is 0 Å². The molecule has 1 rings (SSSR count). The Kier molecular flexibility index (Phi) is 6.67. The molecule has 0 aliphatic rings. The first-order valence-corrected chi connectivity index (χ1v) is 6.32. The first kappa shape index (κ1) is 14.0. The van der Waals surface area contributed by atoms with Crippen molar-refractivity contribution in [1.29, 1.82) is 0 Å². The van der Waals surface area contributed by atoms with Crippen LogP contribution in [-0.2, 0) is 11.2 Å². The number of amides is 1. The summed E-state index contributed by atoms with van der Waals surface area (Å²) in [7, 11) is 0. The van der Waals surface area contributed by atoms with Crippen molar-refractivity contribution >= 4 is 17.5 Å². The van der Waals surface area contributed by atoms with Crippen molar-refractivity contribution in [1.82, 2.24) is 5.32 Å². The molecule has 0 heterocycles. The lowest BCUT2D eigenvalue weighted by Crippen LogP contribution is -2.27. The van der Waals surface area contributed by atoms with Gasteiger partial charge in [-0.2, -0.15) is 0 Å². The van der Waals surface area contributed by atoms with Crippen LogP contribution in [0.3, 0.4) is 0 Å². The zero-order valence-corrected chi connectivity index (χ0v) is 10.8. The molecule has 1 N–H and O–H groups in total. The van der Waals surface area contributed by atoms with E-state index in [9.17, 15) is 4.79 Å². The topological polar surface area (TPSA) is 38.3 Å². The van der Waals surface area contributed by atoms with Crippen LogP contribution < -0.4 is 5.32 Å². The zero-order valence-electron chi connectivity index (χ0n) is 10.0. The molecule has 0 unspecified atom stereocenters. The molecule has 0 atom stereocenters. The summed E-state index contributed by atoms with van der Waals surface area (Å²) in [4.78, 5) is 11.7. The number of ether oxygens (including phenoxy) is 1. The number of alkyl halides is 1. The fourth-order valence-electron chi connectivity index (χ4n) is 1.39. The molecule has 0 spiro atoms. The van der Waals surface area contributed by atoms with Gasteiger partial charge in [-0.1, -0.05) is 19.1 Å². The second-order valence-corrected chi connectivity index (χ2v) is 3.99. The molecule has 1 aromatic carbocycles. The summed E-state index contributed by atoms with van der Waals surface area (Å²) < 4.78 is 5.16. The Morgan fingerprint density at radius 3 is 2.59 bits per heavy atom. The van der Waals surface area contributed by atoms with Crippen molar-refractivity contribution in [3.05, 3.63) is 35.4 Å². The van der Waals surface area contributed by atoms with Crippen molar-refractivity contribution in [3.63, 3.8) is 0 Å². The SMILES string of the molecule is CCc1ccc(C(=O)NCCOCCCl)cc1. The predicted octanol–water partition coefficient (Wildman–Crippen LogP) is 2.23. The number of benzene rings is 1. The van der Waals surface area contributed by atoms with E-state index in [4.69, 9.17) is 16.3 Å². The molecule has 0 aliphatic heterocycles. The summed E-state index contributed by atoms with van der Waals surface area (Å²) in [6, 6.07) is 7.62. The molecule has 0 saturated carbocycles. The molecule has 94 valence electrons. The molecular formula is C13H18ClNO2. The lowest BCUT2D eigenvalue weighted by molar-refractivity contribution is 0.0923. The second kappa shape index (κ2) is 8.09. The first-order chi connectivity index (χ1) is 8.27. The highest BCUT2D eigenvalue weighted by molar-refractivity contribution is 6.17. The van der Waals surface area contributed by atoms with Gasteiger partial charge in [0.2, 0.25) is 0 Å². The monoisotopic (exact) mass is 255 g/mol. The number of hydrogen-bond acceptors (Lipinski definition) is 2. The molecule has 17 heavy (non-hydrogen) atoms. The highest BCUT2D eigenvalue weighted by atomic mass is 35.5. The van der Waals surface area contributed by atoms with Gasteiger partial charge in [-0.3, -0.25) is 4.79 Å². The average molecular weight is 256 g/mol. The lowest BCUT2D eigenvalue weighted by atomic mass is 10.1. The fourth-order valence-corrected chi connectivity index (χ4v) is 1.50. The van der Waals surface area contributed by atoms with Crippen molar-refractivity contribution in [2.75, 3.05) is 25.6 Å². The van der Waals surface area contributed by atoms with E-state index >= 15 is 0 Å². The predicted molar refractivity (Wildman–Crippen MR) is 69.7 cm³/mol. The van der Waals surface area contributed by atoms with Crippen molar-refractivity contribution < 1.29 is 9.53 Å². The summed E-state index contributed by atoms with van der Waals surface area (Å²) >= 11 is 5.46. The van der Waals surface area contributed by atoms with Crippen LogP contribution in [-0.4, -0.2) is 31.5 Å². The molecule has 0 aromatic heterocycles. The molecule has 0 radical (unpaired) electrons. The molecule has 0 bridgehead atoms. The van der Waals surface area contributed by atoms with Crippen molar-refractivity contribution in [2.24, 2.45) is 0 Å². The quantitative estimate of drug-likeness (QED) is 0.599. The number of aryl methyl sites for hydroxylation is 1. The van der Waals surface area contributed by atoms with Gasteiger partial charge in [0.15, 0.2) is 0 Å². The lowest BCUT2D eigenvalue weighted by Gasteiger charge is -2.06. The number of carbonyl (C=O) groups excluding carboxylic acids is 1. The van der Waals surface area contributed by atoms with Crippen LogP contribution in [0.2, 0.25) is 0 Å². The van der Waals surface area contributed by atoms with E-state index in [0.29, 0.717) is 31.2 Å². The normalized spacial score (nSPS) is 10.2. The summed E-state index contributed by atoms with van der Waals surface area (Å²) in [5.41, 5.74) is 1.91. The van der Waals surface area contributed by atoms with Gasteiger partial charge in [-0.15, -0.1) is 11.6 Å². The third-order valence-electron chi connectivity index (χ3n) is 2.38. The average Bonchev–Trinajstić information content (AvgIpc) is 2.38. The standard InChI is InChI=1S/C13H18ClNO2/c1-2-11-3-5-12(6-4-11)13(16)15-8-10-17-9-7-14/h3-6H,2,7-10H2,1H3,(H,15,16). The number of nitrogens with one attached hydrogen (secondary N) is 1. The van der Waals surface area contributed by atoms with Crippen LogP contribution in [0.1, 0.15) is 22.8 Å². The Hall–Kier alpha value is -1.06. The number of rotatable bonds is 7. The fraction of sp³-hybridized carbons (Fsp3) is 0.462. The Balaban J connectivity index is 2.31. The maximum atomic E-state index is 11.7. The Morgan fingerprint density at radius 2 is 2.00 bits per heavy atom. The molecule has 0 aliphatic carbocycles. The van der Waals surface area contributed by atoms with Gasteiger partial charge >= 0.3 is 0 Å². The maximum Gasteiger partial charge on any atom is 0.251 e. The molecule has 0 saturated heterocycles. The third-order valence-corrected chi connectivity index (χ3v) is 2.53. The van der Waals surface area contributed by atoms with Gasteiger partial charge < -0.3 is 10.1 Å². The Morgan fingerprint density at radius 1 is 1.29 bits per heavy atom. The minimum atomic E-state index is -0.0675. The minimum absolute atomic E-state index is 0.0675. The zero-order chi connectivity index (χ0) is 12.5. The largest absolute Gasteiger partial charge is 0.378 e. The van der Waals surface area contributed by atoms with Crippen molar-refractivity contribution in [2.45, 2.75) is 13.3 Å². The van der Waals surface area contributed by atoms with Crippen LogP contribution >= 0.6 is 11.6 Å². The molecule has 4 heteroatoms. The van der Waals surface area contributed by atoms with Gasteiger partial charge in [0.1, 0.15) is 0 Å². The van der Waals surface area contributed by atoms with Gasteiger partial charge in [0.25, 0.3) is 5.91 Å². The van der Waals surface area contributed by atoms with E-state index in [2.05, 4.69) is 12.2 Å². The third kappa shape index (κ3) is 5.20. The molecule has 3 nitrogen and oxygen atoms in total. The Bertz CT molecular complexity index is 338. The van der Waals surface area contributed by atoms with Gasteiger partial charge in [-0.25, -0.2) is 0 Å². The van der Waals surface area contributed by atoms with Crippen LogP contribution in [0.5, 0.6) is 0 Å². The van der Waals surface area contributed by atoms with Crippen LogP contribution in [0, 0.1) is 0 Å². The molecule has 0 fully saturated rings. The van der Waals surface area contributed by atoms with Crippen LogP contribution in [0.25, 0.3) is 0 Å². The Labute approximate surface area is 107 Å². The number of hydrogen-bond donors (Lipinski definition) is 1. The molecular weight excluding hydrogens is 238 g/mol. The summed E-state index contributed by atoms with van der Waals surface area (Å²) in [6.45, 7) is 3.60. The first-order valence-electron chi connectivity index (χ1n) is 5.78. The molecule has 1 amide bonds. The van der Waals surface area contributed by atoms with E-state index in [-0.39, 0.29) is 5.91 Å². The van der Waals surface area contributed by atoms with Crippen LogP contribution in [0.15, 0.2) is 24.3 Å². The summed E-state index contributed by atoms with van der Waals surface area (Å²) in [5.74, 6) is 0.411. The molecule has 1 aromatic rings.